The Morgan fingerprint density at radius 3 is 2.00 bits per heavy atom. The number of hydrogen-bond acceptors (Lipinski definition) is 5. The molecule has 0 aliphatic heterocycles. The van der Waals surface area contributed by atoms with E-state index in [-0.39, 0.29) is 33.0 Å². The molecule has 0 fully saturated rings. The lowest BCUT2D eigenvalue weighted by molar-refractivity contribution is 0.0974. The maximum absolute atomic E-state index is 13.0. The molecule has 3 aromatic rings. The van der Waals surface area contributed by atoms with Gasteiger partial charge in [0.1, 0.15) is 17.2 Å². The van der Waals surface area contributed by atoms with Crippen LogP contribution in [0, 0.1) is 0 Å². The summed E-state index contributed by atoms with van der Waals surface area (Å²) in [5, 5.41) is 21.0. The fourth-order valence-corrected chi connectivity index (χ4v) is 3.72. The highest BCUT2D eigenvalue weighted by molar-refractivity contribution is 6.36. The van der Waals surface area contributed by atoms with E-state index >= 15 is 0 Å². The molecule has 0 atom stereocenters. The van der Waals surface area contributed by atoms with Gasteiger partial charge in [0.05, 0.1) is 22.8 Å². The Balaban J connectivity index is 1.75. The number of benzene rings is 3. The molecule has 4 rings (SSSR count). The maximum atomic E-state index is 13.0. The molecule has 1 aliphatic rings. The number of phenols is 2. The summed E-state index contributed by atoms with van der Waals surface area (Å²) in [6.07, 6.45) is 2.01. The molecule has 6 heteroatoms. The zero-order valence-electron chi connectivity index (χ0n) is 16.2. The van der Waals surface area contributed by atoms with Gasteiger partial charge in [-0.25, -0.2) is 0 Å². The second-order valence-electron chi connectivity index (χ2n) is 7.09. The van der Waals surface area contributed by atoms with E-state index in [0.717, 1.165) is 18.6 Å². The number of hydrogen-bond donors (Lipinski definition) is 2. The fourth-order valence-electron chi connectivity index (χ4n) is 3.56. The molecule has 0 bridgehead atoms. The number of ether oxygens (including phenoxy) is 1. The van der Waals surface area contributed by atoms with Crippen LogP contribution in [0.3, 0.4) is 0 Å². The van der Waals surface area contributed by atoms with Crippen molar-refractivity contribution >= 4 is 23.2 Å². The van der Waals surface area contributed by atoms with Crippen LogP contribution >= 0.6 is 11.6 Å². The Morgan fingerprint density at radius 2 is 1.37 bits per heavy atom. The van der Waals surface area contributed by atoms with Crippen molar-refractivity contribution in [3.63, 3.8) is 0 Å². The summed E-state index contributed by atoms with van der Waals surface area (Å²) < 4.78 is 5.65. The summed E-state index contributed by atoms with van der Waals surface area (Å²) in [4.78, 5) is 25.9. The number of carbonyl (C=O) groups excluding carboxylic acids is 2. The first-order valence-corrected chi connectivity index (χ1v) is 10.0. The highest BCUT2D eigenvalue weighted by Gasteiger charge is 2.35. The number of halogens is 1. The summed E-state index contributed by atoms with van der Waals surface area (Å²) in [5.74, 6) is -1.07. The van der Waals surface area contributed by atoms with Gasteiger partial charge < -0.3 is 14.9 Å². The van der Waals surface area contributed by atoms with Crippen molar-refractivity contribution < 1.29 is 24.5 Å². The van der Waals surface area contributed by atoms with Crippen molar-refractivity contribution in [2.75, 3.05) is 6.61 Å². The smallest absolute Gasteiger partial charge is 0.198 e. The number of aromatic hydroxyl groups is 2. The van der Waals surface area contributed by atoms with E-state index in [4.69, 9.17) is 16.3 Å². The molecule has 152 valence electrons. The number of ketones is 2. The van der Waals surface area contributed by atoms with Gasteiger partial charge >= 0.3 is 0 Å². The predicted octanol–water partition coefficient (Wildman–Crippen LogP) is 5.37. The molecule has 0 heterocycles. The third kappa shape index (κ3) is 3.21. The Kier molecular flexibility index (Phi) is 5.22. The van der Waals surface area contributed by atoms with Crippen LogP contribution in [-0.2, 0) is 0 Å². The molecule has 3 aromatic carbocycles. The summed E-state index contributed by atoms with van der Waals surface area (Å²) in [6.45, 7) is 2.72. The predicted molar refractivity (Wildman–Crippen MR) is 114 cm³/mol. The fraction of sp³-hybridized carbons (Fsp3) is 0.167. The van der Waals surface area contributed by atoms with Crippen LogP contribution in [-0.4, -0.2) is 28.4 Å². The van der Waals surface area contributed by atoms with E-state index in [1.54, 1.807) is 30.3 Å². The minimum absolute atomic E-state index is 0.0135. The number of phenolic OH excluding ortho intramolecular Hbond substituents is 2. The summed E-state index contributed by atoms with van der Waals surface area (Å²) in [6, 6.07) is 13.0. The number of unbranched alkanes of at least 4 members (excludes halogenated alkanes) is 1. The van der Waals surface area contributed by atoms with E-state index < -0.39 is 17.3 Å². The molecule has 5 nitrogen and oxygen atoms in total. The molecule has 0 amide bonds. The van der Waals surface area contributed by atoms with Gasteiger partial charge in [0.15, 0.2) is 11.6 Å². The molecular formula is C24H19ClO5. The monoisotopic (exact) mass is 422 g/mol. The molecule has 0 unspecified atom stereocenters. The van der Waals surface area contributed by atoms with Crippen molar-refractivity contribution in [1.82, 2.24) is 0 Å². The van der Waals surface area contributed by atoms with Crippen molar-refractivity contribution in [3.05, 3.63) is 75.8 Å². The average Bonchev–Trinajstić information content (AvgIpc) is 2.74. The van der Waals surface area contributed by atoms with Crippen molar-refractivity contribution in [1.29, 1.82) is 0 Å². The molecule has 2 N–H and O–H groups in total. The largest absolute Gasteiger partial charge is 0.507 e. The van der Waals surface area contributed by atoms with Crippen LogP contribution in [0.15, 0.2) is 48.5 Å². The van der Waals surface area contributed by atoms with Gasteiger partial charge in [-0.05, 0) is 48.4 Å². The SMILES string of the molecule is CCCCOc1ccc(-c2ccc3c(c2O)C(=O)c2ccc(Cl)c(O)c2C3=O)cc1. The van der Waals surface area contributed by atoms with Gasteiger partial charge in [-0.1, -0.05) is 37.1 Å². The lowest BCUT2D eigenvalue weighted by atomic mass is 9.81. The maximum Gasteiger partial charge on any atom is 0.198 e. The number of fused-ring (bicyclic) bond motifs is 2. The van der Waals surface area contributed by atoms with Gasteiger partial charge in [0, 0.05) is 16.7 Å². The molecule has 0 spiro atoms. The molecular weight excluding hydrogens is 404 g/mol. The van der Waals surface area contributed by atoms with Crippen LogP contribution in [0.4, 0.5) is 0 Å². The highest BCUT2D eigenvalue weighted by atomic mass is 35.5. The lowest BCUT2D eigenvalue weighted by Gasteiger charge is -2.21. The second kappa shape index (κ2) is 7.84. The summed E-state index contributed by atoms with van der Waals surface area (Å²) >= 11 is 5.90. The third-order valence-corrected chi connectivity index (χ3v) is 5.49. The van der Waals surface area contributed by atoms with Crippen LogP contribution in [0.1, 0.15) is 51.6 Å². The van der Waals surface area contributed by atoms with Crippen molar-refractivity contribution in [2.45, 2.75) is 19.8 Å². The van der Waals surface area contributed by atoms with Crippen molar-refractivity contribution in [2.24, 2.45) is 0 Å². The Morgan fingerprint density at radius 1 is 0.800 bits per heavy atom. The van der Waals surface area contributed by atoms with Gasteiger partial charge in [0.2, 0.25) is 0 Å². The van der Waals surface area contributed by atoms with E-state index in [2.05, 4.69) is 6.92 Å². The van der Waals surface area contributed by atoms with Crippen LogP contribution < -0.4 is 4.74 Å². The number of carbonyl (C=O) groups is 2. The zero-order valence-corrected chi connectivity index (χ0v) is 17.0. The topological polar surface area (TPSA) is 83.8 Å². The van der Waals surface area contributed by atoms with Gasteiger partial charge in [0.25, 0.3) is 0 Å². The van der Waals surface area contributed by atoms with Crippen LogP contribution in [0.2, 0.25) is 5.02 Å². The molecule has 30 heavy (non-hydrogen) atoms. The van der Waals surface area contributed by atoms with Crippen LogP contribution in [0.25, 0.3) is 11.1 Å². The molecule has 0 radical (unpaired) electrons. The zero-order chi connectivity index (χ0) is 21.4. The first kappa shape index (κ1) is 20.0. The van der Waals surface area contributed by atoms with Crippen LogP contribution in [0.5, 0.6) is 17.2 Å². The number of rotatable bonds is 5. The molecule has 0 saturated carbocycles. The lowest BCUT2D eigenvalue weighted by Crippen LogP contribution is -2.21. The minimum Gasteiger partial charge on any atom is -0.507 e. The standard InChI is InChI=1S/C24H19ClO5/c1-2-3-12-30-14-6-4-13(5-7-14)15-8-9-16-19(21(15)26)22(27)17-10-11-18(25)24(29)20(17)23(16)28/h4-11,26,29H,2-3,12H2,1H3. The minimum atomic E-state index is -0.555. The Bertz CT molecular complexity index is 1170. The first-order chi connectivity index (χ1) is 14.4. The highest BCUT2D eigenvalue weighted by Crippen LogP contribution is 2.42. The van der Waals surface area contributed by atoms with E-state index in [9.17, 15) is 19.8 Å². The van der Waals surface area contributed by atoms with Gasteiger partial charge in [-0.15, -0.1) is 0 Å². The first-order valence-electron chi connectivity index (χ1n) is 9.64. The third-order valence-electron chi connectivity index (χ3n) is 5.18. The van der Waals surface area contributed by atoms with Crippen molar-refractivity contribution in [3.8, 4) is 28.4 Å². The Hall–Kier alpha value is -3.31. The second-order valence-corrected chi connectivity index (χ2v) is 7.49. The molecule has 1 aliphatic carbocycles. The summed E-state index contributed by atoms with van der Waals surface area (Å²) in [5.41, 5.74) is 0.947. The molecule has 0 saturated heterocycles. The van der Waals surface area contributed by atoms with E-state index in [1.165, 1.54) is 18.2 Å². The Labute approximate surface area is 178 Å². The normalized spacial score (nSPS) is 12.5. The van der Waals surface area contributed by atoms with Gasteiger partial charge in [-0.3, -0.25) is 9.59 Å². The van der Waals surface area contributed by atoms with Gasteiger partial charge in [-0.2, -0.15) is 0 Å². The summed E-state index contributed by atoms with van der Waals surface area (Å²) in [7, 11) is 0. The quantitative estimate of drug-likeness (QED) is 0.422. The molecule has 0 aromatic heterocycles. The average molecular weight is 423 g/mol. The van der Waals surface area contributed by atoms with E-state index in [1.807, 2.05) is 0 Å². The van der Waals surface area contributed by atoms with E-state index in [0.29, 0.717) is 17.7 Å².